The molecule has 0 saturated heterocycles. The number of unbranched alkanes of at least 4 members (excludes halogenated alkanes) is 1. The molecule has 1 heterocycles. The first-order chi connectivity index (χ1) is 21.7. The highest BCUT2D eigenvalue weighted by molar-refractivity contribution is 6.06. The van der Waals surface area contributed by atoms with E-state index in [0.717, 1.165) is 57.3 Å². The first-order valence-corrected chi connectivity index (χ1v) is 15.9. The van der Waals surface area contributed by atoms with E-state index in [2.05, 4.69) is 75.3 Å². The number of nitrogens with zero attached hydrogens (tertiary/aromatic N) is 1. The minimum atomic E-state index is -0.334. The van der Waals surface area contributed by atoms with Gasteiger partial charge >= 0.3 is 5.97 Å². The summed E-state index contributed by atoms with van der Waals surface area (Å²) in [5, 5.41) is 4.17. The van der Waals surface area contributed by atoms with Crippen LogP contribution in [0, 0.1) is 13.8 Å². The summed E-state index contributed by atoms with van der Waals surface area (Å²) in [6.45, 7) is 18.0. The van der Waals surface area contributed by atoms with Crippen molar-refractivity contribution in [2.75, 3.05) is 6.61 Å². The second-order valence-corrected chi connectivity index (χ2v) is 11.8. The van der Waals surface area contributed by atoms with Crippen LogP contribution in [0.4, 0.5) is 0 Å². The van der Waals surface area contributed by atoms with E-state index in [1.807, 2.05) is 55.5 Å². The summed E-state index contributed by atoms with van der Waals surface area (Å²) in [6, 6.07) is 22.6. The minimum Gasteiger partial charge on any atom is -0.462 e. The topological polar surface area (TPSA) is 60.3 Å². The van der Waals surface area contributed by atoms with Crippen molar-refractivity contribution in [3.63, 3.8) is 0 Å². The van der Waals surface area contributed by atoms with E-state index in [1.54, 1.807) is 12.2 Å². The Morgan fingerprint density at radius 2 is 1.71 bits per heavy atom. The Morgan fingerprint density at radius 3 is 2.38 bits per heavy atom. The predicted octanol–water partition coefficient (Wildman–Crippen LogP) is 9.22. The molecular weight excluding hydrogens is 556 g/mol. The Kier molecular flexibility index (Phi) is 11.4. The SMILES string of the molecule is C=C/C=C(C(=O)OCCCC)\C(=C/C)c1ccc(Cn2c(C)c(C)c3cc(C(=O)NCc4cccc(C(C)C)c4)ccc32)cc1. The summed E-state index contributed by atoms with van der Waals surface area (Å²) >= 11 is 0. The lowest BCUT2D eigenvalue weighted by Gasteiger charge is -2.14. The monoisotopic (exact) mass is 602 g/mol. The second-order valence-electron chi connectivity index (χ2n) is 11.8. The number of aromatic nitrogens is 1. The summed E-state index contributed by atoms with van der Waals surface area (Å²) in [7, 11) is 0. The van der Waals surface area contributed by atoms with Crippen LogP contribution in [0.1, 0.15) is 90.3 Å². The van der Waals surface area contributed by atoms with Crippen molar-refractivity contribution in [3.05, 3.63) is 136 Å². The van der Waals surface area contributed by atoms with Gasteiger partial charge in [0.2, 0.25) is 0 Å². The number of amides is 1. The number of fused-ring (bicyclic) bond motifs is 1. The van der Waals surface area contributed by atoms with Gasteiger partial charge in [-0.1, -0.05) is 94.5 Å². The van der Waals surface area contributed by atoms with Gasteiger partial charge in [0.05, 0.1) is 12.2 Å². The van der Waals surface area contributed by atoms with Crippen molar-refractivity contribution in [1.29, 1.82) is 0 Å². The lowest BCUT2D eigenvalue weighted by Crippen LogP contribution is -2.22. The van der Waals surface area contributed by atoms with Gasteiger partial charge in [-0.05, 0) is 90.8 Å². The highest BCUT2D eigenvalue weighted by Crippen LogP contribution is 2.29. The molecule has 0 spiro atoms. The average molecular weight is 603 g/mol. The van der Waals surface area contributed by atoms with Gasteiger partial charge in [0.15, 0.2) is 0 Å². The molecule has 0 aliphatic carbocycles. The van der Waals surface area contributed by atoms with E-state index >= 15 is 0 Å². The Bertz CT molecular complexity index is 1740. The summed E-state index contributed by atoms with van der Waals surface area (Å²) in [6.07, 6.45) is 7.08. The molecular formula is C40H46N2O3. The van der Waals surface area contributed by atoms with Gasteiger partial charge in [-0.2, -0.15) is 0 Å². The molecule has 0 unspecified atom stereocenters. The smallest absolute Gasteiger partial charge is 0.338 e. The number of nitrogens with one attached hydrogen (secondary N) is 1. The Labute approximate surface area is 268 Å². The normalized spacial score (nSPS) is 12.1. The quantitative estimate of drug-likeness (QED) is 0.0718. The third-order valence-electron chi connectivity index (χ3n) is 8.39. The average Bonchev–Trinajstić information content (AvgIpc) is 3.28. The molecule has 0 bridgehead atoms. The Morgan fingerprint density at radius 1 is 0.978 bits per heavy atom. The van der Waals surface area contributed by atoms with Gasteiger partial charge in [0, 0.05) is 35.2 Å². The van der Waals surface area contributed by atoms with Crippen LogP contribution in [-0.2, 0) is 22.6 Å². The van der Waals surface area contributed by atoms with E-state index in [9.17, 15) is 9.59 Å². The van der Waals surface area contributed by atoms with Crippen LogP contribution >= 0.6 is 0 Å². The van der Waals surface area contributed by atoms with Crippen molar-refractivity contribution in [3.8, 4) is 0 Å². The number of hydrogen-bond donors (Lipinski definition) is 1. The van der Waals surface area contributed by atoms with Gasteiger partial charge in [0.1, 0.15) is 0 Å². The van der Waals surface area contributed by atoms with Crippen LogP contribution in [0.2, 0.25) is 0 Å². The van der Waals surface area contributed by atoms with Crippen molar-refractivity contribution >= 4 is 28.4 Å². The lowest BCUT2D eigenvalue weighted by molar-refractivity contribution is -0.138. The first kappa shape index (κ1) is 33.3. The number of allylic oxidation sites excluding steroid dienone is 3. The van der Waals surface area contributed by atoms with E-state index < -0.39 is 0 Å². The highest BCUT2D eigenvalue weighted by atomic mass is 16.5. The Balaban J connectivity index is 1.51. The molecule has 4 rings (SSSR count). The molecule has 0 saturated carbocycles. The zero-order chi connectivity index (χ0) is 32.5. The van der Waals surface area contributed by atoms with Crippen molar-refractivity contribution in [1.82, 2.24) is 9.88 Å². The summed E-state index contributed by atoms with van der Waals surface area (Å²) in [5.74, 6) is 0.0325. The van der Waals surface area contributed by atoms with Crippen molar-refractivity contribution < 1.29 is 14.3 Å². The highest BCUT2D eigenvalue weighted by Gasteiger charge is 2.18. The van der Waals surface area contributed by atoms with Crippen molar-refractivity contribution in [2.45, 2.75) is 73.4 Å². The van der Waals surface area contributed by atoms with E-state index in [4.69, 9.17) is 4.74 Å². The maximum absolute atomic E-state index is 13.1. The number of ether oxygens (including phenoxy) is 1. The molecule has 1 amide bonds. The van der Waals surface area contributed by atoms with Gasteiger partial charge in [-0.15, -0.1) is 0 Å². The molecule has 0 fully saturated rings. The minimum absolute atomic E-state index is 0.0776. The van der Waals surface area contributed by atoms with Gasteiger partial charge in [-0.25, -0.2) is 4.79 Å². The molecule has 1 aromatic heterocycles. The molecule has 234 valence electrons. The summed E-state index contributed by atoms with van der Waals surface area (Å²) < 4.78 is 7.80. The standard InChI is InChI=1S/C40H46N2O3/c1-8-11-22-45-40(44)36(13-9-2)35(10-3)32-18-16-30(17-19-32)26-42-29(7)28(6)37-24-34(20-21-38(37)42)39(43)41-25-31-14-12-15-33(23-31)27(4)5/h9-10,12-21,23-24,27H,2,8,11,22,25-26H2,1,3-7H3,(H,41,43)/b35-10-,36-13+. The number of aryl methyl sites for hydroxylation is 1. The van der Waals surface area contributed by atoms with Gasteiger partial charge in [0.25, 0.3) is 5.91 Å². The fraction of sp³-hybridized carbons (Fsp3) is 0.300. The molecule has 4 aromatic rings. The summed E-state index contributed by atoms with van der Waals surface area (Å²) in [5.41, 5.74) is 9.85. The molecule has 45 heavy (non-hydrogen) atoms. The van der Waals surface area contributed by atoms with Gasteiger partial charge < -0.3 is 14.6 Å². The molecule has 5 heteroatoms. The number of carbonyl (C=O) groups excluding carboxylic acids is 2. The van der Waals surface area contributed by atoms with Crippen LogP contribution < -0.4 is 5.32 Å². The van der Waals surface area contributed by atoms with E-state index in [1.165, 1.54) is 5.56 Å². The zero-order valence-electron chi connectivity index (χ0n) is 27.6. The Hall–Kier alpha value is -4.64. The molecule has 3 aromatic carbocycles. The lowest BCUT2D eigenvalue weighted by atomic mass is 9.96. The molecule has 0 aliphatic rings. The van der Waals surface area contributed by atoms with E-state index in [0.29, 0.717) is 36.8 Å². The molecule has 5 nitrogen and oxygen atoms in total. The zero-order valence-corrected chi connectivity index (χ0v) is 27.6. The van der Waals surface area contributed by atoms with Crippen molar-refractivity contribution in [2.24, 2.45) is 0 Å². The third kappa shape index (κ3) is 7.91. The molecule has 0 radical (unpaired) electrons. The number of esters is 1. The van der Waals surface area contributed by atoms with Crippen LogP contribution in [0.3, 0.4) is 0 Å². The van der Waals surface area contributed by atoms with Gasteiger partial charge in [-0.3, -0.25) is 4.79 Å². The van der Waals surface area contributed by atoms with Crippen LogP contribution in [-0.4, -0.2) is 23.1 Å². The fourth-order valence-electron chi connectivity index (χ4n) is 5.56. The third-order valence-corrected chi connectivity index (χ3v) is 8.39. The fourth-order valence-corrected chi connectivity index (χ4v) is 5.56. The summed E-state index contributed by atoms with van der Waals surface area (Å²) in [4.78, 5) is 26.0. The first-order valence-electron chi connectivity index (χ1n) is 15.9. The second kappa shape index (κ2) is 15.4. The molecule has 0 atom stereocenters. The molecule has 0 aliphatic heterocycles. The predicted molar refractivity (Wildman–Crippen MR) is 186 cm³/mol. The number of benzene rings is 3. The number of carbonyl (C=O) groups is 2. The van der Waals surface area contributed by atoms with Crippen LogP contribution in [0.5, 0.6) is 0 Å². The molecule has 1 N–H and O–H groups in total. The van der Waals surface area contributed by atoms with Crippen LogP contribution in [0.25, 0.3) is 16.5 Å². The number of hydrogen-bond acceptors (Lipinski definition) is 3. The maximum atomic E-state index is 13.1. The van der Waals surface area contributed by atoms with E-state index in [-0.39, 0.29) is 11.9 Å². The maximum Gasteiger partial charge on any atom is 0.338 e. The largest absolute Gasteiger partial charge is 0.462 e. The number of rotatable bonds is 13. The van der Waals surface area contributed by atoms with Crippen LogP contribution in [0.15, 0.2) is 97.1 Å².